The van der Waals surface area contributed by atoms with Gasteiger partial charge >= 0.3 is 0 Å². The van der Waals surface area contributed by atoms with Gasteiger partial charge in [-0.2, -0.15) is 0 Å². The molecule has 0 spiro atoms. The van der Waals surface area contributed by atoms with E-state index in [-0.39, 0.29) is 0 Å². The van der Waals surface area contributed by atoms with E-state index in [9.17, 15) is 0 Å². The normalized spacial score (nSPS) is 23.0. The number of halogens is 1. The minimum atomic E-state index is 0.453. The van der Waals surface area contributed by atoms with Gasteiger partial charge in [0.25, 0.3) is 0 Å². The van der Waals surface area contributed by atoms with E-state index in [0.29, 0.717) is 16.9 Å². The van der Waals surface area contributed by atoms with Crippen molar-refractivity contribution in [3.8, 4) is 0 Å². The Morgan fingerprint density at radius 2 is 1.94 bits per heavy atom. The molecule has 18 heavy (non-hydrogen) atoms. The quantitative estimate of drug-likeness (QED) is 0.824. The third kappa shape index (κ3) is 2.41. The van der Waals surface area contributed by atoms with Crippen LogP contribution in [0.3, 0.4) is 0 Å². The van der Waals surface area contributed by atoms with Crippen LogP contribution >= 0.6 is 27.3 Å². The first kappa shape index (κ1) is 14.5. The fourth-order valence-electron chi connectivity index (χ4n) is 3.50. The van der Waals surface area contributed by atoms with Crippen molar-refractivity contribution in [2.45, 2.75) is 47.1 Å². The van der Waals surface area contributed by atoms with Gasteiger partial charge in [-0.3, -0.25) is 0 Å². The smallest absolute Gasteiger partial charge is 0.0285 e. The molecule has 0 radical (unpaired) electrons. The third-order valence-electron chi connectivity index (χ3n) is 5.04. The Balaban J connectivity index is 2.11. The van der Waals surface area contributed by atoms with Crippen molar-refractivity contribution in [3.05, 3.63) is 20.8 Å². The fraction of sp³-hybridized carbons (Fsp3) is 0.733. The lowest BCUT2D eigenvalue weighted by Crippen LogP contribution is -2.35. The minimum Gasteiger partial charge on any atom is -0.314 e. The SMILES string of the molecule is CCNC(Cc1cc(Br)cs1)C1C(C)(C)C1(C)C. The highest BCUT2D eigenvalue weighted by Crippen LogP contribution is 2.69. The van der Waals surface area contributed by atoms with E-state index in [1.807, 2.05) is 11.3 Å². The zero-order valence-corrected chi connectivity index (χ0v) is 14.4. The molecular weight excluding hydrogens is 306 g/mol. The lowest BCUT2D eigenvalue weighted by Gasteiger charge is -2.19. The molecule has 0 saturated heterocycles. The van der Waals surface area contributed by atoms with Crippen molar-refractivity contribution in [2.75, 3.05) is 6.54 Å². The second kappa shape index (κ2) is 4.92. The van der Waals surface area contributed by atoms with Crippen LogP contribution < -0.4 is 5.32 Å². The molecule has 1 unspecified atom stereocenters. The predicted octanol–water partition coefficient (Wildman–Crippen LogP) is 4.71. The topological polar surface area (TPSA) is 12.0 Å². The molecule has 1 nitrogen and oxygen atoms in total. The largest absolute Gasteiger partial charge is 0.314 e. The molecule has 1 atom stereocenters. The van der Waals surface area contributed by atoms with Gasteiger partial charge in [-0.25, -0.2) is 0 Å². The standard InChI is InChI=1S/C15H24BrNS/c1-6-17-12(8-11-7-10(16)9-18-11)13-14(2,3)15(13,4)5/h7,9,12-13,17H,6,8H2,1-5H3. The Hall–Kier alpha value is 0.140. The lowest BCUT2D eigenvalue weighted by molar-refractivity contribution is 0.405. The number of nitrogens with one attached hydrogen (secondary N) is 1. The Bertz CT molecular complexity index is 408. The average molecular weight is 330 g/mol. The summed E-state index contributed by atoms with van der Waals surface area (Å²) in [6.07, 6.45) is 1.15. The molecule has 0 bridgehead atoms. The Kier molecular flexibility index (Phi) is 3.97. The molecule has 3 heteroatoms. The zero-order valence-electron chi connectivity index (χ0n) is 12.0. The molecule has 1 aliphatic carbocycles. The first-order chi connectivity index (χ1) is 8.30. The summed E-state index contributed by atoms with van der Waals surface area (Å²) in [5.74, 6) is 0.769. The van der Waals surface area contributed by atoms with Crippen LogP contribution in [0.15, 0.2) is 15.9 Å². The summed E-state index contributed by atoms with van der Waals surface area (Å²) in [5.41, 5.74) is 0.905. The van der Waals surface area contributed by atoms with Gasteiger partial charge in [-0.05, 0) is 51.7 Å². The van der Waals surface area contributed by atoms with Crippen molar-refractivity contribution >= 4 is 27.3 Å². The van der Waals surface area contributed by atoms with Gasteiger partial charge in [0, 0.05) is 20.8 Å². The third-order valence-corrected chi connectivity index (χ3v) is 6.76. The van der Waals surface area contributed by atoms with Gasteiger partial charge < -0.3 is 5.32 Å². The van der Waals surface area contributed by atoms with Crippen molar-refractivity contribution < 1.29 is 0 Å². The van der Waals surface area contributed by atoms with Crippen molar-refractivity contribution in [3.63, 3.8) is 0 Å². The maximum Gasteiger partial charge on any atom is 0.0285 e. The number of thiophene rings is 1. The van der Waals surface area contributed by atoms with E-state index >= 15 is 0 Å². The number of likely N-dealkylation sites (N-methyl/N-ethyl adjacent to an activating group) is 1. The molecule has 1 N–H and O–H groups in total. The Labute approximate surface area is 123 Å². The zero-order chi connectivity index (χ0) is 13.6. The number of rotatable bonds is 5. The highest BCUT2D eigenvalue weighted by molar-refractivity contribution is 9.10. The van der Waals surface area contributed by atoms with Crippen LogP contribution in [0.25, 0.3) is 0 Å². The van der Waals surface area contributed by atoms with E-state index in [1.54, 1.807) is 0 Å². The molecule has 1 saturated carbocycles. The van der Waals surface area contributed by atoms with Crippen LogP contribution in [0.1, 0.15) is 39.5 Å². The Morgan fingerprint density at radius 1 is 1.33 bits per heavy atom. The highest BCUT2D eigenvalue weighted by Gasteiger charge is 2.66. The second-order valence-corrected chi connectivity index (χ2v) is 8.43. The van der Waals surface area contributed by atoms with Gasteiger partial charge in [0.15, 0.2) is 0 Å². The van der Waals surface area contributed by atoms with E-state index in [1.165, 1.54) is 9.35 Å². The molecule has 0 aliphatic heterocycles. The van der Waals surface area contributed by atoms with Crippen molar-refractivity contribution in [1.82, 2.24) is 5.32 Å². The van der Waals surface area contributed by atoms with Gasteiger partial charge in [0.2, 0.25) is 0 Å². The van der Waals surface area contributed by atoms with Crippen LogP contribution in [0.4, 0.5) is 0 Å². The van der Waals surface area contributed by atoms with Crippen molar-refractivity contribution in [1.29, 1.82) is 0 Å². The monoisotopic (exact) mass is 329 g/mol. The molecule has 102 valence electrons. The summed E-state index contributed by atoms with van der Waals surface area (Å²) in [4.78, 5) is 1.48. The summed E-state index contributed by atoms with van der Waals surface area (Å²) in [6.45, 7) is 12.9. The molecule has 2 rings (SSSR count). The fourth-order valence-corrected chi connectivity index (χ4v) is 5.01. The summed E-state index contributed by atoms with van der Waals surface area (Å²) >= 11 is 5.41. The summed E-state index contributed by atoms with van der Waals surface area (Å²) in [6, 6.07) is 2.86. The van der Waals surface area contributed by atoms with Gasteiger partial charge in [0.1, 0.15) is 0 Å². The van der Waals surface area contributed by atoms with Crippen LogP contribution in [-0.2, 0) is 6.42 Å². The van der Waals surface area contributed by atoms with Crippen LogP contribution in [-0.4, -0.2) is 12.6 Å². The lowest BCUT2D eigenvalue weighted by atomic mass is 10.0. The van der Waals surface area contributed by atoms with E-state index in [0.717, 1.165) is 18.9 Å². The second-order valence-electron chi connectivity index (χ2n) is 6.52. The van der Waals surface area contributed by atoms with E-state index < -0.39 is 0 Å². The van der Waals surface area contributed by atoms with Crippen molar-refractivity contribution in [2.24, 2.45) is 16.7 Å². The van der Waals surface area contributed by atoms with Crippen LogP contribution in [0.5, 0.6) is 0 Å². The highest BCUT2D eigenvalue weighted by atomic mass is 79.9. The van der Waals surface area contributed by atoms with Gasteiger partial charge in [0.05, 0.1) is 0 Å². The van der Waals surface area contributed by atoms with Gasteiger partial charge in [-0.1, -0.05) is 34.6 Å². The van der Waals surface area contributed by atoms with E-state index in [4.69, 9.17) is 0 Å². The first-order valence-corrected chi connectivity index (χ1v) is 8.44. The summed E-state index contributed by atoms with van der Waals surface area (Å²) < 4.78 is 1.21. The first-order valence-electron chi connectivity index (χ1n) is 6.77. The summed E-state index contributed by atoms with van der Waals surface area (Å²) in [7, 11) is 0. The maximum absolute atomic E-state index is 3.70. The maximum atomic E-state index is 3.70. The molecular formula is C15H24BrNS. The molecule has 1 aliphatic rings. The minimum absolute atomic E-state index is 0.453. The molecule has 0 amide bonds. The molecule has 1 aromatic rings. The van der Waals surface area contributed by atoms with Crippen LogP contribution in [0.2, 0.25) is 0 Å². The Morgan fingerprint density at radius 3 is 2.33 bits per heavy atom. The predicted molar refractivity (Wildman–Crippen MR) is 84.2 cm³/mol. The molecule has 1 fully saturated rings. The van der Waals surface area contributed by atoms with E-state index in [2.05, 4.69) is 67.3 Å². The molecule has 0 aromatic carbocycles. The number of hydrogen-bond acceptors (Lipinski definition) is 2. The van der Waals surface area contributed by atoms with Crippen LogP contribution in [0, 0.1) is 16.7 Å². The van der Waals surface area contributed by atoms with Gasteiger partial charge in [-0.15, -0.1) is 11.3 Å². The molecule has 1 aromatic heterocycles. The number of hydrogen-bond donors (Lipinski definition) is 1. The average Bonchev–Trinajstić information content (AvgIpc) is 2.58. The molecule has 1 heterocycles. The summed E-state index contributed by atoms with van der Waals surface area (Å²) in [5, 5.41) is 5.89.